The molecule has 1 aliphatic heterocycles. The van der Waals surface area contributed by atoms with Crippen molar-refractivity contribution in [2.45, 2.75) is 48.8 Å². The van der Waals surface area contributed by atoms with Crippen LogP contribution in [0.1, 0.15) is 36.3 Å². The van der Waals surface area contributed by atoms with Gasteiger partial charge in [-0.15, -0.1) is 0 Å². The Hall–Kier alpha value is -1.51. The maximum atomic E-state index is 12.9. The molecule has 1 saturated heterocycles. The number of hydrogen-bond donors (Lipinski definition) is 1. The van der Waals surface area contributed by atoms with E-state index in [0.29, 0.717) is 37.6 Å². The van der Waals surface area contributed by atoms with E-state index in [-0.39, 0.29) is 16.9 Å². The summed E-state index contributed by atoms with van der Waals surface area (Å²) >= 11 is 5.93. The summed E-state index contributed by atoms with van der Waals surface area (Å²) in [7, 11) is -3.64. The van der Waals surface area contributed by atoms with E-state index in [4.69, 9.17) is 21.1 Å². The SMILES string of the molecule is Cc1ccc(S(=O)(=O)N[C@H]2CCC3(C[C@@H]2c2ccc(Cl)nc2)OCCO3)cc1. The molecule has 6 nitrogen and oxygen atoms in total. The van der Waals surface area contributed by atoms with Crippen LogP contribution in [-0.2, 0) is 19.5 Å². The summed E-state index contributed by atoms with van der Waals surface area (Å²) in [6.45, 7) is 3.05. The highest BCUT2D eigenvalue weighted by molar-refractivity contribution is 7.89. The minimum Gasteiger partial charge on any atom is -0.348 e. The first kappa shape index (κ1) is 19.8. The molecule has 28 heavy (non-hydrogen) atoms. The fourth-order valence-electron chi connectivity index (χ4n) is 4.00. The van der Waals surface area contributed by atoms with Crippen molar-refractivity contribution in [2.24, 2.45) is 0 Å². The Kier molecular flexibility index (Phi) is 5.46. The molecule has 1 saturated carbocycles. The van der Waals surface area contributed by atoms with E-state index in [1.54, 1.807) is 36.5 Å². The Labute approximate surface area is 170 Å². The molecule has 1 spiro atoms. The van der Waals surface area contributed by atoms with Crippen molar-refractivity contribution in [3.63, 3.8) is 0 Å². The molecule has 4 rings (SSSR count). The topological polar surface area (TPSA) is 77.5 Å². The normalized spacial score (nSPS) is 24.5. The van der Waals surface area contributed by atoms with Gasteiger partial charge in [0.25, 0.3) is 0 Å². The van der Waals surface area contributed by atoms with Crippen molar-refractivity contribution >= 4 is 21.6 Å². The van der Waals surface area contributed by atoms with Crippen LogP contribution in [-0.4, -0.2) is 38.4 Å². The number of rotatable bonds is 4. The summed E-state index contributed by atoms with van der Waals surface area (Å²) in [5.74, 6) is -0.771. The van der Waals surface area contributed by atoms with Crippen LogP contribution in [0.25, 0.3) is 0 Å². The van der Waals surface area contributed by atoms with Gasteiger partial charge in [-0.3, -0.25) is 0 Å². The number of halogens is 1. The standard InChI is InChI=1S/C20H23ClN2O4S/c1-14-2-5-16(6-3-14)28(24,25)23-18-8-9-20(26-10-11-27-20)12-17(18)15-4-7-19(21)22-13-15/h2-7,13,17-18,23H,8-12H2,1H3/t17-,18+/m1/s1. The van der Waals surface area contributed by atoms with Crippen molar-refractivity contribution in [3.05, 3.63) is 58.9 Å². The Bertz CT molecular complexity index is 926. The first-order valence-electron chi connectivity index (χ1n) is 9.35. The number of nitrogens with one attached hydrogen (secondary N) is 1. The van der Waals surface area contributed by atoms with Gasteiger partial charge in [0, 0.05) is 31.0 Å². The molecule has 0 bridgehead atoms. The lowest BCUT2D eigenvalue weighted by atomic mass is 9.77. The Morgan fingerprint density at radius 1 is 1.14 bits per heavy atom. The van der Waals surface area contributed by atoms with Crippen LogP contribution >= 0.6 is 11.6 Å². The molecule has 0 amide bonds. The highest BCUT2D eigenvalue weighted by Crippen LogP contribution is 2.43. The Morgan fingerprint density at radius 3 is 2.50 bits per heavy atom. The van der Waals surface area contributed by atoms with Crippen LogP contribution in [0.5, 0.6) is 0 Å². The van der Waals surface area contributed by atoms with Gasteiger partial charge in [0.1, 0.15) is 5.15 Å². The van der Waals surface area contributed by atoms with Gasteiger partial charge >= 0.3 is 0 Å². The summed E-state index contributed by atoms with van der Waals surface area (Å²) < 4.78 is 40.6. The van der Waals surface area contributed by atoms with E-state index < -0.39 is 15.8 Å². The maximum absolute atomic E-state index is 12.9. The van der Waals surface area contributed by atoms with Crippen LogP contribution in [0, 0.1) is 6.92 Å². The maximum Gasteiger partial charge on any atom is 0.240 e. The van der Waals surface area contributed by atoms with Gasteiger partial charge in [0.05, 0.1) is 18.1 Å². The molecule has 2 aromatic rings. The van der Waals surface area contributed by atoms with Crippen LogP contribution in [0.4, 0.5) is 0 Å². The Morgan fingerprint density at radius 2 is 1.86 bits per heavy atom. The number of aryl methyl sites for hydroxylation is 1. The van der Waals surface area contributed by atoms with Crippen molar-refractivity contribution in [2.75, 3.05) is 13.2 Å². The largest absolute Gasteiger partial charge is 0.348 e. The summed E-state index contributed by atoms with van der Waals surface area (Å²) in [4.78, 5) is 4.44. The number of sulfonamides is 1. The highest BCUT2D eigenvalue weighted by Gasteiger charge is 2.46. The van der Waals surface area contributed by atoms with E-state index in [2.05, 4.69) is 9.71 Å². The van der Waals surface area contributed by atoms with E-state index in [9.17, 15) is 8.42 Å². The molecule has 2 atom stereocenters. The third kappa shape index (κ3) is 4.09. The lowest BCUT2D eigenvalue weighted by molar-refractivity contribution is -0.183. The molecule has 1 aromatic heterocycles. The lowest BCUT2D eigenvalue weighted by Gasteiger charge is -2.41. The monoisotopic (exact) mass is 422 g/mol. The van der Waals surface area contributed by atoms with Crippen molar-refractivity contribution in [3.8, 4) is 0 Å². The molecule has 2 heterocycles. The number of aromatic nitrogens is 1. The molecular weight excluding hydrogens is 400 g/mol. The minimum atomic E-state index is -3.64. The molecular formula is C20H23ClN2O4S. The minimum absolute atomic E-state index is 0.128. The van der Waals surface area contributed by atoms with E-state index in [0.717, 1.165) is 11.1 Å². The second kappa shape index (κ2) is 7.72. The number of pyridine rings is 1. The molecule has 1 aromatic carbocycles. The number of hydrogen-bond acceptors (Lipinski definition) is 5. The predicted molar refractivity (Wildman–Crippen MR) is 106 cm³/mol. The average molecular weight is 423 g/mol. The first-order chi connectivity index (χ1) is 13.4. The van der Waals surface area contributed by atoms with Crippen molar-refractivity contribution in [1.29, 1.82) is 0 Å². The smallest absolute Gasteiger partial charge is 0.240 e. The molecule has 1 N–H and O–H groups in total. The van der Waals surface area contributed by atoms with Gasteiger partial charge in [-0.2, -0.15) is 0 Å². The van der Waals surface area contributed by atoms with Crippen LogP contribution in [0.15, 0.2) is 47.5 Å². The zero-order chi connectivity index (χ0) is 19.8. The highest BCUT2D eigenvalue weighted by atomic mass is 35.5. The molecule has 2 aliphatic rings. The van der Waals surface area contributed by atoms with Crippen molar-refractivity contribution < 1.29 is 17.9 Å². The molecule has 150 valence electrons. The van der Waals surface area contributed by atoms with Crippen LogP contribution in [0.2, 0.25) is 5.15 Å². The van der Waals surface area contributed by atoms with E-state index in [1.165, 1.54) is 0 Å². The lowest BCUT2D eigenvalue weighted by Crippen LogP contribution is -2.48. The fraction of sp³-hybridized carbons (Fsp3) is 0.450. The molecule has 0 radical (unpaired) electrons. The second-order valence-electron chi connectivity index (χ2n) is 7.41. The summed E-state index contributed by atoms with van der Waals surface area (Å²) in [6.07, 6.45) is 3.52. The van der Waals surface area contributed by atoms with E-state index in [1.807, 2.05) is 13.0 Å². The predicted octanol–water partition coefficient (Wildman–Crippen LogP) is 3.40. The first-order valence-corrected chi connectivity index (χ1v) is 11.2. The van der Waals surface area contributed by atoms with E-state index >= 15 is 0 Å². The van der Waals surface area contributed by atoms with Gasteiger partial charge in [-0.05, 0) is 37.1 Å². The molecule has 1 aliphatic carbocycles. The fourth-order valence-corrected chi connectivity index (χ4v) is 5.42. The van der Waals surface area contributed by atoms with Crippen LogP contribution in [0.3, 0.4) is 0 Å². The Balaban J connectivity index is 1.62. The van der Waals surface area contributed by atoms with Crippen molar-refractivity contribution in [1.82, 2.24) is 9.71 Å². The third-order valence-corrected chi connectivity index (χ3v) is 7.21. The number of ether oxygens (including phenoxy) is 2. The van der Waals surface area contributed by atoms with Gasteiger partial charge < -0.3 is 9.47 Å². The zero-order valence-corrected chi connectivity index (χ0v) is 17.2. The second-order valence-corrected chi connectivity index (χ2v) is 9.51. The summed E-state index contributed by atoms with van der Waals surface area (Å²) in [5.41, 5.74) is 1.93. The molecule has 2 fully saturated rings. The average Bonchev–Trinajstić information content (AvgIpc) is 3.12. The summed E-state index contributed by atoms with van der Waals surface area (Å²) in [6, 6.07) is 10.2. The van der Waals surface area contributed by atoms with Gasteiger partial charge in [-0.1, -0.05) is 35.4 Å². The van der Waals surface area contributed by atoms with Gasteiger partial charge in [0.2, 0.25) is 10.0 Å². The van der Waals surface area contributed by atoms with Gasteiger partial charge in [0.15, 0.2) is 5.79 Å². The zero-order valence-electron chi connectivity index (χ0n) is 15.6. The third-order valence-electron chi connectivity index (χ3n) is 5.48. The summed E-state index contributed by atoms with van der Waals surface area (Å²) in [5, 5.41) is 0.402. The number of nitrogens with zero attached hydrogens (tertiary/aromatic N) is 1. The quantitative estimate of drug-likeness (QED) is 0.764. The van der Waals surface area contributed by atoms with Gasteiger partial charge in [-0.25, -0.2) is 18.1 Å². The molecule has 0 unspecified atom stereocenters. The molecule has 8 heteroatoms. The number of benzene rings is 1. The van der Waals surface area contributed by atoms with Crippen LogP contribution < -0.4 is 4.72 Å².